The van der Waals surface area contributed by atoms with Crippen molar-refractivity contribution in [3.8, 4) is 0 Å². The van der Waals surface area contributed by atoms with E-state index in [9.17, 15) is 0 Å². The SMILES string of the molecule is CCNC(C)c1ccc(N2CCCOC(C)C2)cc1Br. The molecule has 0 spiro atoms. The fourth-order valence-corrected chi connectivity index (χ4v) is 3.42. The number of halogens is 1. The third kappa shape index (κ3) is 3.96. The summed E-state index contributed by atoms with van der Waals surface area (Å²) < 4.78 is 6.90. The number of nitrogens with zero attached hydrogens (tertiary/aromatic N) is 1. The van der Waals surface area contributed by atoms with Gasteiger partial charge < -0.3 is 15.0 Å². The number of hydrogen-bond acceptors (Lipinski definition) is 3. The monoisotopic (exact) mass is 340 g/mol. The molecule has 0 aromatic heterocycles. The number of hydrogen-bond donors (Lipinski definition) is 1. The van der Waals surface area contributed by atoms with Crippen molar-refractivity contribution in [2.24, 2.45) is 0 Å². The van der Waals surface area contributed by atoms with E-state index in [0.717, 1.165) is 32.7 Å². The molecule has 20 heavy (non-hydrogen) atoms. The summed E-state index contributed by atoms with van der Waals surface area (Å²) in [5.41, 5.74) is 2.59. The zero-order valence-corrected chi connectivity index (χ0v) is 14.2. The zero-order chi connectivity index (χ0) is 14.5. The predicted octanol–water partition coefficient (Wildman–Crippen LogP) is 3.73. The molecule has 1 N–H and O–H groups in total. The first-order valence-corrected chi connectivity index (χ1v) is 8.30. The van der Waals surface area contributed by atoms with Crippen LogP contribution in [0.5, 0.6) is 0 Å². The highest BCUT2D eigenvalue weighted by Gasteiger charge is 2.17. The highest BCUT2D eigenvalue weighted by molar-refractivity contribution is 9.10. The van der Waals surface area contributed by atoms with Gasteiger partial charge in [0.05, 0.1) is 6.10 Å². The van der Waals surface area contributed by atoms with Gasteiger partial charge in [0.1, 0.15) is 0 Å². The van der Waals surface area contributed by atoms with E-state index in [1.54, 1.807) is 0 Å². The van der Waals surface area contributed by atoms with Gasteiger partial charge in [-0.25, -0.2) is 0 Å². The van der Waals surface area contributed by atoms with Crippen LogP contribution < -0.4 is 10.2 Å². The minimum atomic E-state index is 0.302. The summed E-state index contributed by atoms with van der Waals surface area (Å²) in [7, 11) is 0. The molecule has 1 aliphatic heterocycles. The summed E-state index contributed by atoms with van der Waals surface area (Å²) in [6, 6.07) is 7.06. The van der Waals surface area contributed by atoms with Gasteiger partial charge in [-0.15, -0.1) is 0 Å². The molecule has 0 saturated carbocycles. The molecule has 1 fully saturated rings. The lowest BCUT2D eigenvalue weighted by atomic mass is 10.1. The maximum Gasteiger partial charge on any atom is 0.0721 e. The van der Waals surface area contributed by atoms with Gasteiger partial charge in [-0.1, -0.05) is 28.9 Å². The van der Waals surface area contributed by atoms with E-state index >= 15 is 0 Å². The van der Waals surface area contributed by atoms with E-state index in [1.807, 2.05) is 0 Å². The molecular formula is C16H25BrN2O. The van der Waals surface area contributed by atoms with Crippen LogP contribution in [-0.2, 0) is 4.74 Å². The molecule has 1 aromatic rings. The normalized spacial score (nSPS) is 21.6. The van der Waals surface area contributed by atoms with Crippen LogP contribution in [-0.4, -0.2) is 32.3 Å². The van der Waals surface area contributed by atoms with Crippen molar-refractivity contribution < 1.29 is 4.74 Å². The Kier molecular flexibility index (Phi) is 5.87. The lowest BCUT2D eigenvalue weighted by Gasteiger charge is -2.25. The molecule has 0 bridgehead atoms. The van der Waals surface area contributed by atoms with Crippen LogP contribution in [0.1, 0.15) is 38.8 Å². The van der Waals surface area contributed by atoms with Gasteiger partial charge in [-0.3, -0.25) is 0 Å². The number of nitrogens with one attached hydrogen (secondary N) is 1. The lowest BCUT2D eigenvalue weighted by molar-refractivity contribution is 0.0821. The van der Waals surface area contributed by atoms with Gasteiger partial charge in [0.25, 0.3) is 0 Å². The second-order valence-electron chi connectivity index (χ2n) is 5.47. The largest absolute Gasteiger partial charge is 0.377 e. The molecule has 2 unspecified atom stereocenters. The van der Waals surface area contributed by atoms with Crippen molar-refractivity contribution in [1.29, 1.82) is 0 Å². The smallest absolute Gasteiger partial charge is 0.0721 e. The minimum absolute atomic E-state index is 0.302. The Hall–Kier alpha value is -0.580. The molecule has 4 heteroatoms. The first-order chi connectivity index (χ1) is 9.61. The van der Waals surface area contributed by atoms with E-state index in [2.05, 4.69) is 65.1 Å². The molecule has 2 atom stereocenters. The Morgan fingerprint density at radius 3 is 3.00 bits per heavy atom. The average Bonchev–Trinajstić information content (AvgIpc) is 2.63. The number of rotatable bonds is 4. The molecule has 2 rings (SSSR count). The van der Waals surface area contributed by atoms with Crippen molar-refractivity contribution in [1.82, 2.24) is 5.32 Å². The Balaban J connectivity index is 2.15. The average molecular weight is 341 g/mol. The van der Waals surface area contributed by atoms with E-state index in [1.165, 1.54) is 15.7 Å². The van der Waals surface area contributed by atoms with Gasteiger partial charge in [0, 0.05) is 35.9 Å². The maximum absolute atomic E-state index is 5.72. The predicted molar refractivity (Wildman–Crippen MR) is 88.5 cm³/mol. The molecule has 0 amide bonds. The summed E-state index contributed by atoms with van der Waals surface area (Å²) >= 11 is 3.72. The molecular weight excluding hydrogens is 316 g/mol. The fraction of sp³-hybridized carbons (Fsp3) is 0.625. The summed E-state index contributed by atoms with van der Waals surface area (Å²) in [6.07, 6.45) is 1.40. The second-order valence-corrected chi connectivity index (χ2v) is 6.32. The summed E-state index contributed by atoms with van der Waals surface area (Å²) in [5, 5.41) is 3.46. The molecule has 1 heterocycles. The highest BCUT2D eigenvalue weighted by atomic mass is 79.9. The Morgan fingerprint density at radius 1 is 1.50 bits per heavy atom. The summed E-state index contributed by atoms with van der Waals surface area (Å²) in [6.45, 7) is 10.4. The van der Waals surface area contributed by atoms with E-state index < -0.39 is 0 Å². The van der Waals surface area contributed by atoms with Crippen molar-refractivity contribution >= 4 is 21.6 Å². The standard InChI is InChI=1S/C16H25BrN2O/c1-4-18-13(3)15-7-6-14(10-16(15)17)19-8-5-9-20-12(2)11-19/h6-7,10,12-13,18H,4-5,8-9,11H2,1-3H3. The summed E-state index contributed by atoms with van der Waals surface area (Å²) in [5.74, 6) is 0. The van der Waals surface area contributed by atoms with Crippen molar-refractivity contribution in [2.45, 2.75) is 39.3 Å². The topological polar surface area (TPSA) is 24.5 Å². The zero-order valence-electron chi connectivity index (χ0n) is 12.7. The van der Waals surface area contributed by atoms with Crippen LogP contribution in [0.3, 0.4) is 0 Å². The molecule has 3 nitrogen and oxygen atoms in total. The number of ether oxygens (including phenoxy) is 1. The van der Waals surface area contributed by atoms with Crippen molar-refractivity contribution in [3.63, 3.8) is 0 Å². The van der Waals surface area contributed by atoms with Crippen LogP contribution in [0.15, 0.2) is 22.7 Å². The second kappa shape index (κ2) is 7.43. The number of benzene rings is 1. The molecule has 1 aromatic carbocycles. The van der Waals surface area contributed by atoms with Crippen LogP contribution in [0.2, 0.25) is 0 Å². The Bertz CT molecular complexity index is 438. The van der Waals surface area contributed by atoms with Gasteiger partial charge in [0.15, 0.2) is 0 Å². The number of anilines is 1. The van der Waals surface area contributed by atoms with E-state index in [0.29, 0.717) is 12.1 Å². The van der Waals surface area contributed by atoms with E-state index in [-0.39, 0.29) is 0 Å². The van der Waals surface area contributed by atoms with Crippen LogP contribution >= 0.6 is 15.9 Å². The third-order valence-electron chi connectivity index (χ3n) is 3.78. The highest BCUT2D eigenvalue weighted by Crippen LogP contribution is 2.29. The first kappa shape index (κ1) is 15.8. The third-order valence-corrected chi connectivity index (χ3v) is 4.46. The molecule has 0 aliphatic carbocycles. The van der Waals surface area contributed by atoms with Crippen molar-refractivity contribution in [3.05, 3.63) is 28.2 Å². The van der Waals surface area contributed by atoms with Crippen LogP contribution in [0, 0.1) is 0 Å². The van der Waals surface area contributed by atoms with Crippen molar-refractivity contribution in [2.75, 3.05) is 31.1 Å². The molecule has 112 valence electrons. The maximum atomic E-state index is 5.72. The van der Waals surface area contributed by atoms with Crippen LogP contribution in [0.4, 0.5) is 5.69 Å². The molecule has 1 aliphatic rings. The first-order valence-electron chi connectivity index (χ1n) is 7.51. The summed E-state index contributed by atoms with van der Waals surface area (Å²) in [4.78, 5) is 2.42. The lowest BCUT2D eigenvalue weighted by Crippen LogP contribution is -2.30. The minimum Gasteiger partial charge on any atom is -0.377 e. The van der Waals surface area contributed by atoms with Crippen LogP contribution in [0.25, 0.3) is 0 Å². The van der Waals surface area contributed by atoms with Gasteiger partial charge in [0.2, 0.25) is 0 Å². The van der Waals surface area contributed by atoms with Gasteiger partial charge in [-0.05, 0) is 44.5 Å². The molecule has 0 radical (unpaired) electrons. The Morgan fingerprint density at radius 2 is 2.30 bits per heavy atom. The van der Waals surface area contributed by atoms with Gasteiger partial charge in [-0.2, -0.15) is 0 Å². The van der Waals surface area contributed by atoms with E-state index in [4.69, 9.17) is 4.74 Å². The molecule has 1 saturated heterocycles. The fourth-order valence-electron chi connectivity index (χ4n) is 2.71. The van der Waals surface area contributed by atoms with Gasteiger partial charge >= 0.3 is 0 Å². The quantitative estimate of drug-likeness (QED) is 0.903. The Labute approximate surface area is 130 Å².